The lowest BCUT2D eigenvalue weighted by Gasteiger charge is -2.10. The lowest BCUT2D eigenvalue weighted by atomic mass is 10.2. The largest absolute Gasteiger partial charge is 0.493 e. The van der Waals surface area contributed by atoms with Gasteiger partial charge >= 0.3 is 5.97 Å². The molecule has 0 unspecified atom stereocenters. The van der Waals surface area contributed by atoms with Crippen molar-refractivity contribution in [3.63, 3.8) is 0 Å². The third-order valence-electron chi connectivity index (χ3n) is 3.27. The van der Waals surface area contributed by atoms with E-state index in [0.29, 0.717) is 23.0 Å². The molecule has 2 aromatic heterocycles. The number of hydrogen-bond donors (Lipinski definition) is 2. The van der Waals surface area contributed by atoms with Crippen LogP contribution in [0.5, 0.6) is 11.5 Å². The first-order valence-corrected chi connectivity index (χ1v) is 6.93. The van der Waals surface area contributed by atoms with Crippen molar-refractivity contribution in [1.29, 1.82) is 0 Å². The Bertz CT molecular complexity index is 873. The molecule has 0 saturated heterocycles. The molecule has 0 amide bonds. The molecule has 0 atom stereocenters. The predicted octanol–water partition coefficient (Wildman–Crippen LogP) is 2.41. The van der Waals surface area contributed by atoms with Crippen molar-refractivity contribution in [2.45, 2.75) is 6.92 Å². The summed E-state index contributed by atoms with van der Waals surface area (Å²) in [7, 11) is 1.50. The van der Waals surface area contributed by atoms with Gasteiger partial charge in [0.1, 0.15) is 5.82 Å². The van der Waals surface area contributed by atoms with Gasteiger partial charge in [-0.2, -0.15) is 0 Å². The van der Waals surface area contributed by atoms with Gasteiger partial charge in [0.15, 0.2) is 23.8 Å². The van der Waals surface area contributed by atoms with Crippen LogP contribution in [0, 0.1) is 6.92 Å². The summed E-state index contributed by atoms with van der Waals surface area (Å²) in [6.07, 6.45) is 0. The molecule has 2 heterocycles. The van der Waals surface area contributed by atoms with Crippen LogP contribution in [0.15, 0.2) is 30.3 Å². The van der Waals surface area contributed by atoms with Gasteiger partial charge in [0.25, 0.3) is 0 Å². The average Bonchev–Trinajstić information content (AvgIpc) is 2.95. The molecule has 3 rings (SSSR count). The molecule has 0 aliphatic heterocycles. The molecule has 0 bridgehead atoms. The maximum atomic E-state index is 10.6. The SMILES string of the molecule is COc1cc(-c2nc3nc(C)ccc3[nH]2)ccc1OCC(=O)O. The molecule has 7 heteroatoms. The summed E-state index contributed by atoms with van der Waals surface area (Å²) < 4.78 is 10.4. The summed E-state index contributed by atoms with van der Waals surface area (Å²) >= 11 is 0. The monoisotopic (exact) mass is 313 g/mol. The van der Waals surface area contributed by atoms with Crippen molar-refractivity contribution in [3.8, 4) is 22.9 Å². The Hall–Kier alpha value is -3.09. The van der Waals surface area contributed by atoms with Crippen LogP contribution in [0.25, 0.3) is 22.6 Å². The summed E-state index contributed by atoms with van der Waals surface area (Å²) in [6.45, 7) is 1.48. The molecule has 2 N–H and O–H groups in total. The fourth-order valence-corrected chi connectivity index (χ4v) is 2.20. The van der Waals surface area contributed by atoms with E-state index in [1.807, 2.05) is 19.1 Å². The van der Waals surface area contributed by atoms with Crippen molar-refractivity contribution in [3.05, 3.63) is 36.0 Å². The third kappa shape index (κ3) is 3.08. The standard InChI is InChI=1S/C16H15N3O4/c1-9-3-5-11-16(17-9)19-15(18-11)10-4-6-12(13(7-10)22-2)23-8-14(20)21/h3-7H,8H2,1-2H3,(H,20,21)(H,17,18,19). The van der Waals surface area contributed by atoms with Crippen LogP contribution >= 0.6 is 0 Å². The zero-order chi connectivity index (χ0) is 16.4. The number of aliphatic carboxylic acids is 1. The smallest absolute Gasteiger partial charge is 0.341 e. The number of aromatic amines is 1. The van der Waals surface area contributed by atoms with Crippen molar-refractivity contribution in [2.24, 2.45) is 0 Å². The molecule has 0 aliphatic carbocycles. The van der Waals surface area contributed by atoms with Gasteiger partial charge in [-0.15, -0.1) is 0 Å². The summed E-state index contributed by atoms with van der Waals surface area (Å²) in [6, 6.07) is 9.01. The zero-order valence-electron chi connectivity index (χ0n) is 12.7. The Morgan fingerprint density at radius 2 is 2.04 bits per heavy atom. The normalized spacial score (nSPS) is 10.7. The van der Waals surface area contributed by atoms with Crippen LogP contribution in [-0.2, 0) is 4.79 Å². The number of imidazole rings is 1. The molecule has 0 aliphatic rings. The number of aryl methyl sites for hydroxylation is 1. The van der Waals surface area contributed by atoms with Crippen LogP contribution in [0.4, 0.5) is 0 Å². The van der Waals surface area contributed by atoms with E-state index in [2.05, 4.69) is 15.0 Å². The number of pyridine rings is 1. The van der Waals surface area contributed by atoms with Gasteiger partial charge in [-0.1, -0.05) is 0 Å². The number of fused-ring (bicyclic) bond motifs is 1. The number of benzene rings is 1. The van der Waals surface area contributed by atoms with Crippen LogP contribution in [0.2, 0.25) is 0 Å². The number of carboxylic acids is 1. The van der Waals surface area contributed by atoms with Gasteiger partial charge in [-0.25, -0.2) is 14.8 Å². The molecule has 0 saturated carbocycles. The highest BCUT2D eigenvalue weighted by atomic mass is 16.5. The highest BCUT2D eigenvalue weighted by Gasteiger charge is 2.12. The highest BCUT2D eigenvalue weighted by Crippen LogP contribution is 2.32. The molecule has 118 valence electrons. The number of H-pyrrole nitrogens is 1. The minimum Gasteiger partial charge on any atom is -0.493 e. The van der Waals surface area contributed by atoms with Crippen LogP contribution in [0.3, 0.4) is 0 Å². The molecular weight excluding hydrogens is 298 g/mol. The van der Waals surface area contributed by atoms with Crippen molar-refractivity contribution in [2.75, 3.05) is 13.7 Å². The summed E-state index contributed by atoms with van der Waals surface area (Å²) in [5.74, 6) is 0.410. The van der Waals surface area contributed by atoms with E-state index in [4.69, 9.17) is 14.6 Å². The molecule has 1 aromatic carbocycles. The first-order valence-electron chi connectivity index (χ1n) is 6.93. The van der Waals surface area contributed by atoms with Crippen LogP contribution < -0.4 is 9.47 Å². The lowest BCUT2D eigenvalue weighted by molar-refractivity contribution is -0.139. The number of rotatable bonds is 5. The lowest BCUT2D eigenvalue weighted by Crippen LogP contribution is -2.10. The summed E-state index contributed by atoms with van der Waals surface area (Å²) in [4.78, 5) is 22.6. The number of nitrogens with zero attached hydrogens (tertiary/aromatic N) is 2. The molecule has 23 heavy (non-hydrogen) atoms. The Labute approximate surface area is 131 Å². The zero-order valence-corrected chi connectivity index (χ0v) is 12.7. The minimum atomic E-state index is -1.05. The second-order valence-electron chi connectivity index (χ2n) is 4.96. The molecule has 0 radical (unpaired) electrons. The Kier molecular flexibility index (Phi) is 3.84. The minimum absolute atomic E-state index is 0.365. The highest BCUT2D eigenvalue weighted by molar-refractivity contribution is 5.76. The Balaban J connectivity index is 1.96. The van der Waals surface area contributed by atoms with E-state index >= 15 is 0 Å². The first kappa shape index (κ1) is 14.8. The number of hydrogen-bond acceptors (Lipinski definition) is 5. The van der Waals surface area contributed by atoms with E-state index in [0.717, 1.165) is 16.8 Å². The number of carboxylic acid groups (broad SMARTS) is 1. The van der Waals surface area contributed by atoms with Gasteiger partial charge in [0, 0.05) is 11.3 Å². The van der Waals surface area contributed by atoms with Gasteiger partial charge in [-0.3, -0.25) is 0 Å². The van der Waals surface area contributed by atoms with E-state index in [1.54, 1.807) is 18.2 Å². The van der Waals surface area contributed by atoms with Gasteiger partial charge in [-0.05, 0) is 37.3 Å². The van der Waals surface area contributed by atoms with Crippen molar-refractivity contribution < 1.29 is 19.4 Å². The number of nitrogens with one attached hydrogen (secondary N) is 1. The third-order valence-corrected chi connectivity index (χ3v) is 3.27. The predicted molar refractivity (Wildman–Crippen MR) is 83.7 cm³/mol. The first-order chi connectivity index (χ1) is 11.1. The second kappa shape index (κ2) is 5.96. The summed E-state index contributed by atoms with van der Waals surface area (Å²) in [5.41, 5.74) is 3.17. The maximum Gasteiger partial charge on any atom is 0.341 e. The topological polar surface area (TPSA) is 97.3 Å². The second-order valence-corrected chi connectivity index (χ2v) is 4.96. The van der Waals surface area contributed by atoms with E-state index in [-0.39, 0.29) is 0 Å². The maximum absolute atomic E-state index is 10.6. The van der Waals surface area contributed by atoms with Crippen molar-refractivity contribution in [1.82, 2.24) is 15.0 Å². The average molecular weight is 313 g/mol. The fourth-order valence-electron chi connectivity index (χ4n) is 2.20. The Morgan fingerprint density at radius 1 is 1.22 bits per heavy atom. The van der Waals surface area contributed by atoms with Crippen molar-refractivity contribution >= 4 is 17.1 Å². The summed E-state index contributed by atoms with van der Waals surface area (Å²) in [5, 5.41) is 8.69. The number of methoxy groups -OCH3 is 1. The molecule has 0 fully saturated rings. The van der Waals surface area contributed by atoms with E-state index in [9.17, 15) is 4.79 Å². The number of aromatic nitrogens is 3. The number of ether oxygens (including phenoxy) is 2. The van der Waals surface area contributed by atoms with Crippen LogP contribution in [0.1, 0.15) is 5.69 Å². The van der Waals surface area contributed by atoms with Gasteiger partial charge in [0.2, 0.25) is 0 Å². The van der Waals surface area contributed by atoms with Gasteiger partial charge in [0.05, 0.1) is 12.6 Å². The van der Waals surface area contributed by atoms with Crippen LogP contribution in [-0.4, -0.2) is 39.7 Å². The van der Waals surface area contributed by atoms with Gasteiger partial charge < -0.3 is 19.6 Å². The van der Waals surface area contributed by atoms with E-state index < -0.39 is 12.6 Å². The van der Waals surface area contributed by atoms with E-state index in [1.165, 1.54) is 7.11 Å². The number of carbonyl (C=O) groups is 1. The molecule has 0 spiro atoms. The quantitative estimate of drug-likeness (QED) is 0.750. The fraction of sp³-hybridized carbons (Fsp3) is 0.188. The Morgan fingerprint density at radius 3 is 2.78 bits per heavy atom. The molecule has 3 aromatic rings. The molecule has 7 nitrogen and oxygen atoms in total. The molecular formula is C16H15N3O4.